The van der Waals surface area contributed by atoms with Crippen LogP contribution in [0.15, 0.2) is 24.3 Å². The molecule has 1 aromatic rings. The molecule has 1 saturated heterocycles. The van der Waals surface area contributed by atoms with Crippen LogP contribution >= 0.6 is 0 Å². The normalized spacial score (nSPS) is 15.8. The number of piperidine rings is 1. The number of nitrogens with one attached hydrogen (secondary N) is 1. The summed E-state index contributed by atoms with van der Waals surface area (Å²) in [6, 6.07) is 8.78. The van der Waals surface area contributed by atoms with Crippen LogP contribution in [0.5, 0.6) is 0 Å². The molecule has 2 amide bonds. The molecule has 1 fully saturated rings. The van der Waals surface area contributed by atoms with Crippen molar-refractivity contribution in [3.63, 3.8) is 0 Å². The highest BCUT2D eigenvalue weighted by atomic mass is 16.2. The molecular formula is C18H23N3O2. The van der Waals surface area contributed by atoms with Crippen molar-refractivity contribution in [3.8, 4) is 6.07 Å². The van der Waals surface area contributed by atoms with E-state index in [1.165, 1.54) is 0 Å². The summed E-state index contributed by atoms with van der Waals surface area (Å²) in [5.74, 6) is -0.00769. The molecule has 23 heavy (non-hydrogen) atoms. The first-order valence-corrected chi connectivity index (χ1v) is 7.91. The van der Waals surface area contributed by atoms with Crippen molar-refractivity contribution in [2.75, 3.05) is 13.1 Å². The van der Waals surface area contributed by atoms with Gasteiger partial charge in [-0.2, -0.15) is 5.26 Å². The van der Waals surface area contributed by atoms with Crippen molar-refractivity contribution in [2.45, 2.75) is 39.7 Å². The Labute approximate surface area is 137 Å². The molecule has 122 valence electrons. The van der Waals surface area contributed by atoms with E-state index in [1.807, 2.05) is 31.7 Å². The summed E-state index contributed by atoms with van der Waals surface area (Å²) < 4.78 is 0. The van der Waals surface area contributed by atoms with Gasteiger partial charge in [0.1, 0.15) is 0 Å². The lowest BCUT2D eigenvalue weighted by atomic mass is 9.93. The Kier molecular flexibility index (Phi) is 5.05. The molecule has 1 aromatic carbocycles. The highest BCUT2D eigenvalue weighted by molar-refractivity contribution is 5.94. The molecule has 0 unspecified atom stereocenters. The molecule has 0 atom stereocenters. The zero-order chi connectivity index (χ0) is 17.0. The molecule has 5 nitrogen and oxygen atoms in total. The summed E-state index contributed by atoms with van der Waals surface area (Å²) in [7, 11) is 0. The van der Waals surface area contributed by atoms with Crippen LogP contribution in [0.4, 0.5) is 0 Å². The lowest BCUT2D eigenvalue weighted by Gasteiger charge is -2.36. The average molecular weight is 313 g/mol. The summed E-state index contributed by atoms with van der Waals surface area (Å²) in [4.78, 5) is 26.4. The minimum Gasteiger partial charge on any atom is -0.349 e. The van der Waals surface area contributed by atoms with E-state index in [1.54, 1.807) is 24.3 Å². The SMILES string of the molecule is CC(C)(C)C(=O)N1CCC(NC(=O)c2cccc(C#N)c2)CC1. The monoisotopic (exact) mass is 313 g/mol. The second-order valence-electron chi connectivity index (χ2n) is 6.98. The van der Waals surface area contributed by atoms with E-state index in [-0.39, 0.29) is 23.3 Å². The number of hydrogen-bond donors (Lipinski definition) is 1. The highest BCUT2D eigenvalue weighted by Gasteiger charge is 2.30. The number of carbonyl (C=O) groups is 2. The van der Waals surface area contributed by atoms with Crippen LogP contribution in [-0.2, 0) is 4.79 Å². The second kappa shape index (κ2) is 6.82. The fraction of sp³-hybridized carbons (Fsp3) is 0.500. The second-order valence-corrected chi connectivity index (χ2v) is 6.98. The van der Waals surface area contributed by atoms with Gasteiger partial charge in [0.05, 0.1) is 11.6 Å². The predicted octanol–water partition coefficient (Wildman–Crippen LogP) is 2.33. The minimum absolute atomic E-state index is 0.0669. The molecule has 0 aromatic heterocycles. The summed E-state index contributed by atoms with van der Waals surface area (Å²) in [5, 5.41) is 11.9. The standard InChI is InChI=1S/C18H23N3O2/c1-18(2,3)17(23)21-9-7-15(8-10-21)20-16(22)14-6-4-5-13(11-14)12-19/h4-6,11,15H,7-10H2,1-3H3,(H,20,22). The number of likely N-dealkylation sites (tertiary alicyclic amines) is 1. The maximum absolute atomic E-state index is 12.3. The van der Waals surface area contributed by atoms with E-state index in [2.05, 4.69) is 5.32 Å². The van der Waals surface area contributed by atoms with Crippen LogP contribution < -0.4 is 5.32 Å². The first-order chi connectivity index (χ1) is 10.8. The van der Waals surface area contributed by atoms with Crippen molar-refractivity contribution < 1.29 is 9.59 Å². The molecule has 0 spiro atoms. The van der Waals surface area contributed by atoms with Gasteiger partial charge in [-0.3, -0.25) is 9.59 Å². The summed E-state index contributed by atoms with van der Waals surface area (Å²) >= 11 is 0. The van der Waals surface area contributed by atoms with E-state index in [0.717, 1.165) is 12.8 Å². The summed E-state index contributed by atoms with van der Waals surface area (Å²) in [6.45, 7) is 7.10. The van der Waals surface area contributed by atoms with Crippen molar-refractivity contribution >= 4 is 11.8 Å². The molecule has 0 radical (unpaired) electrons. The van der Waals surface area contributed by atoms with Gasteiger partial charge in [-0.15, -0.1) is 0 Å². The summed E-state index contributed by atoms with van der Waals surface area (Å²) in [5.41, 5.74) is 0.605. The zero-order valence-electron chi connectivity index (χ0n) is 13.9. The maximum Gasteiger partial charge on any atom is 0.251 e. The van der Waals surface area contributed by atoms with Gasteiger partial charge in [-0.05, 0) is 31.0 Å². The van der Waals surface area contributed by atoms with Gasteiger partial charge >= 0.3 is 0 Å². The van der Waals surface area contributed by atoms with Crippen molar-refractivity contribution in [3.05, 3.63) is 35.4 Å². The van der Waals surface area contributed by atoms with E-state index < -0.39 is 0 Å². The number of nitrogens with zero attached hydrogens (tertiary/aromatic N) is 2. The Bertz CT molecular complexity index is 632. The van der Waals surface area contributed by atoms with E-state index in [0.29, 0.717) is 24.2 Å². The fourth-order valence-electron chi connectivity index (χ4n) is 2.70. The average Bonchev–Trinajstić information content (AvgIpc) is 2.54. The number of carbonyl (C=O) groups excluding carboxylic acids is 2. The van der Waals surface area contributed by atoms with Gasteiger partial charge in [0.2, 0.25) is 5.91 Å². The Balaban J connectivity index is 1.90. The van der Waals surface area contributed by atoms with Crippen LogP contribution in [0.2, 0.25) is 0 Å². The molecule has 2 rings (SSSR count). The Hall–Kier alpha value is -2.35. The van der Waals surface area contributed by atoms with Crippen molar-refractivity contribution in [2.24, 2.45) is 5.41 Å². The van der Waals surface area contributed by atoms with Crippen LogP contribution in [0.3, 0.4) is 0 Å². The van der Waals surface area contributed by atoms with Crippen LogP contribution in [0.1, 0.15) is 49.5 Å². The first kappa shape index (κ1) is 17.0. The molecular weight excluding hydrogens is 290 g/mol. The van der Waals surface area contributed by atoms with Gasteiger partial charge < -0.3 is 10.2 Å². The van der Waals surface area contributed by atoms with E-state index in [9.17, 15) is 9.59 Å². The van der Waals surface area contributed by atoms with Crippen LogP contribution in [0.25, 0.3) is 0 Å². The lowest BCUT2D eigenvalue weighted by molar-refractivity contribution is -0.140. The van der Waals surface area contributed by atoms with Gasteiger partial charge in [-0.1, -0.05) is 26.8 Å². The molecule has 0 bridgehead atoms. The third kappa shape index (κ3) is 4.32. The molecule has 0 aliphatic carbocycles. The fourth-order valence-corrected chi connectivity index (χ4v) is 2.70. The molecule has 1 heterocycles. The van der Waals surface area contributed by atoms with Crippen molar-refractivity contribution in [1.82, 2.24) is 10.2 Å². The Morgan fingerprint density at radius 3 is 2.48 bits per heavy atom. The van der Waals surface area contributed by atoms with Gasteiger partial charge in [0.15, 0.2) is 0 Å². The lowest BCUT2D eigenvalue weighted by Crippen LogP contribution is -2.49. The van der Waals surface area contributed by atoms with Crippen molar-refractivity contribution in [1.29, 1.82) is 5.26 Å². The molecule has 5 heteroatoms. The zero-order valence-corrected chi connectivity index (χ0v) is 13.9. The van der Waals surface area contributed by atoms with Gasteiger partial charge in [0.25, 0.3) is 5.91 Å². The predicted molar refractivity (Wildman–Crippen MR) is 87.7 cm³/mol. The van der Waals surface area contributed by atoms with Gasteiger partial charge in [0, 0.05) is 30.1 Å². The quantitative estimate of drug-likeness (QED) is 0.910. The van der Waals surface area contributed by atoms with E-state index >= 15 is 0 Å². The van der Waals surface area contributed by atoms with Crippen LogP contribution in [0, 0.1) is 16.7 Å². The highest BCUT2D eigenvalue weighted by Crippen LogP contribution is 2.21. The number of nitriles is 1. The smallest absolute Gasteiger partial charge is 0.251 e. The summed E-state index contributed by atoms with van der Waals surface area (Å²) in [6.07, 6.45) is 1.51. The molecule has 0 saturated carbocycles. The molecule has 1 aliphatic heterocycles. The first-order valence-electron chi connectivity index (χ1n) is 7.91. The largest absolute Gasteiger partial charge is 0.349 e. The van der Waals surface area contributed by atoms with Crippen LogP contribution in [-0.4, -0.2) is 35.8 Å². The Morgan fingerprint density at radius 1 is 1.26 bits per heavy atom. The third-order valence-electron chi connectivity index (χ3n) is 4.01. The topological polar surface area (TPSA) is 73.2 Å². The van der Waals surface area contributed by atoms with Gasteiger partial charge in [-0.25, -0.2) is 0 Å². The molecule has 1 N–H and O–H groups in total. The number of amides is 2. The number of hydrogen-bond acceptors (Lipinski definition) is 3. The minimum atomic E-state index is -0.367. The third-order valence-corrected chi connectivity index (χ3v) is 4.01. The Morgan fingerprint density at radius 2 is 1.91 bits per heavy atom. The number of benzene rings is 1. The molecule has 1 aliphatic rings. The van der Waals surface area contributed by atoms with E-state index in [4.69, 9.17) is 5.26 Å². The maximum atomic E-state index is 12.3. The number of rotatable bonds is 2.